The second-order valence-electron chi connectivity index (χ2n) is 7.66. The zero-order valence-corrected chi connectivity index (χ0v) is 18.1. The predicted octanol–water partition coefficient (Wildman–Crippen LogP) is 6.31. The Labute approximate surface area is 176 Å². The average molecular weight is 411 g/mol. The topological polar surface area (TPSA) is 46.0 Å². The smallest absolute Gasteiger partial charge is 0.123 e. The molecule has 1 aromatic carbocycles. The average Bonchev–Trinajstić information content (AvgIpc) is 2.72. The molecule has 0 saturated carbocycles. The lowest BCUT2D eigenvalue weighted by Crippen LogP contribution is -2.12. The summed E-state index contributed by atoms with van der Waals surface area (Å²) in [7, 11) is 0. The summed E-state index contributed by atoms with van der Waals surface area (Å²) in [6.45, 7) is 8.36. The van der Waals surface area contributed by atoms with Gasteiger partial charge in [-0.05, 0) is 52.8 Å². The number of aliphatic hydroxyl groups excluding tert-OH is 1. The number of aliphatic hydroxyl groups is 1. The molecule has 0 fully saturated rings. The van der Waals surface area contributed by atoms with Crippen molar-refractivity contribution in [3.05, 3.63) is 77.1 Å². The third-order valence-electron chi connectivity index (χ3n) is 4.88. The lowest BCUT2D eigenvalue weighted by molar-refractivity contribution is 0.279. The van der Waals surface area contributed by atoms with E-state index in [1.807, 2.05) is 12.1 Å². The Bertz CT molecular complexity index is 957. The first-order valence-corrected chi connectivity index (χ1v) is 10.9. The number of thioether (sulfide) groups is 1. The zero-order valence-electron chi connectivity index (χ0n) is 17.3. The molecule has 3 aromatic rings. The highest BCUT2D eigenvalue weighted by Crippen LogP contribution is 2.39. The van der Waals surface area contributed by atoms with Crippen LogP contribution in [0.1, 0.15) is 62.0 Å². The van der Waals surface area contributed by atoms with Crippen LogP contribution in [0.15, 0.2) is 53.7 Å². The quantitative estimate of drug-likeness (QED) is 0.463. The molecule has 2 aromatic heterocycles. The van der Waals surface area contributed by atoms with Gasteiger partial charge in [0.25, 0.3) is 0 Å². The number of rotatable bonds is 7. The highest BCUT2D eigenvalue weighted by Gasteiger charge is 2.23. The Balaban J connectivity index is 2.22. The van der Waals surface area contributed by atoms with Crippen LogP contribution in [0.5, 0.6) is 0 Å². The molecule has 0 spiro atoms. The maximum Gasteiger partial charge on any atom is 0.123 e. The van der Waals surface area contributed by atoms with Crippen LogP contribution in [0, 0.1) is 5.82 Å². The van der Waals surface area contributed by atoms with Crippen molar-refractivity contribution in [2.45, 2.75) is 56.8 Å². The predicted molar refractivity (Wildman–Crippen MR) is 118 cm³/mol. The van der Waals surface area contributed by atoms with Gasteiger partial charge in [0.1, 0.15) is 5.82 Å². The molecule has 3 rings (SSSR count). The second-order valence-corrected chi connectivity index (χ2v) is 8.71. The molecule has 0 atom stereocenters. The van der Waals surface area contributed by atoms with E-state index in [1.165, 1.54) is 12.1 Å². The minimum absolute atomic E-state index is 0.0987. The van der Waals surface area contributed by atoms with Gasteiger partial charge in [0.15, 0.2) is 0 Å². The summed E-state index contributed by atoms with van der Waals surface area (Å²) in [4.78, 5) is 10.2. The molecule has 0 aliphatic heterocycles. The number of halogens is 1. The van der Waals surface area contributed by atoms with Gasteiger partial charge < -0.3 is 5.11 Å². The van der Waals surface area contributed by atoms with E-state index in [4.69, 9.17) is 4.98 Å². The minimum atomic E-state index is -0.269. The first kappa shape index (κ1) is 21.5. The Hall–Kier alpha value is -2.24. The fourth-order valence-electron chi connectivity index (χ4n) is 3.52. The summed E-state index contributed by atoms with van der Waals surface area (Å²) in [6, 6.07) is 10.5. The van der Waals surface area contributed by atoms with E-state index in [0.29, 0.717) is 5.75 Å². The van der Waals surface area contributed by atoms with Crippen molar-refractivity contribution in [1.29, 1.82) is 0 Å². The van der Waals surface area contributed by atoms with Gasteiger partial charge in [0, 0.05) is 40.0 Å². The lowest BCUT2D eigenvalue weighted by Gasteiger charge is -2.24. The number of pyridine rings is 2. The normalized spacial score (nSPS) is 11.4. The van der Waals surface area contributed by atoms with Crippen LogP contribution in [-0.4, -0.2) is 15.1 Å². The Morgan fingerprint density at radius 3 is 2.03 bits per heavy atom. The molecule has 29 heavy (non-hydrogen) atoms. The fourth-order valence-corrected chi connectivity index (χ4v) is 4.44. The fraction of sp³-hybridized carbons (Fsp3) is 0.333. The van der Waals surface area contributed by atoms with Crippen LogP contribution in [0.2, 0.25) is 0 Å². The number of benzene rings is 1. The van der Waals surface area contributed by atoms with Crippen molar-refractivity contribution < 1.29 is 9.50 Å². The standard InChI is InChI=1S/C24H27FN2OS/c1-15(2)23-20(13-28)22(17-5-7-18(25)8-6-17)21(24(27-23)16(3)4)14-29-19-9-11-26-12-10-19/h5-12,15-16,28H,13-14H2,1-4H3. The van der Waals surface area contributed by atoms with Crippen molar-refractivity contribution in [3.63, 3.8) is 0 Å². The molecule has 0 bridgehead atoms. The molecule has 152 valence electrons. The van der Waals surface area contributed by atoms with Gasteiger partial charge in [-0.15, -0.1) is 11.8 Å². The molecule has 0 aliphatic carbocycles. The van der Waals surface area contributed by atoms with Gasteiger partial charge in [0.2, 0.25) is 0 Å². The van der Waals surface area contributed by atoms with Crippen molar-refractivity contribution in [2.75, 3.05) is 0 Å². The van der Waals surface area contributed by atoms with Gasteiger partial charge in [-0.2, -0.15) is 0 Å². The molecular formula is C24H27FN2OS. The van der Waals surface area contributed by atoms with Crippen molar-refractivity contribution in [2.24, 2.45) is 0 Å². The Kier molecular flexibility index (Phi) is 7.04. The Morgan fingerprint density at radius 1 is 0.897 bits per heavy atom. The number of nitrogens with zero attached hydrogens (tertiary/aromatic N) is 2. The van der Waals surface area contributed by atoms with Crippen LogP contribution in [0.25, 0.3) is 11.1 Å². The summed E-state index contributed by atoms with van der Waals surface area (Å²) < 4.78 is 13.6. The second kappa shape index (κ2) is 9.51. The van der Waals surface area contributed by atoms with Crippen molar-refractivity contribution in [1.82, 2.24) is 9.97 Å². The number of aromatic nitrogens is 2. The number of hydrogen-bond acceptors (Lipinski definition) is 4. The van der Waals surface area contributed by atoms with E-state index in [9.17, 15) is 9.50 Å². The van der Waals surface area contributed by atoms with E-state index >= 15 is 0 Å². The lowest BCUT2D eigenvalue weighted by atomic mass is 9.88. The first-order chi connectivity index (χ1) is 13.9. The maximum absolute atomic E-state index is 13.6. The van der Waals surface area contributed by atoms with E-state index in [0.717, 1.165) is 38.5 Å². The molecule has 0 unspecified atom stereocenters. The van der Waals surface area contributed by atoms with Gasteiger partial charge >= 0.3 is 0 Å². The van der Waals surface area contributed by atoms with Crippen molar-refractivity contribution in [3.8, 4) is 11.1 Å². The molecule has 2 heterocycles. The zero-order chi connectivity index (χ0) is 21.0. The minimum Gasteiger partial charge on any atom is -0.392 e. The molecule has 0 radical (unpaired) electrons. The summed E-state index contributed by atoms with van der Waals surface area (Å²) in [6.07, 6.45) is 3.57. The SMILES string of the molecule is CC(C)c1nc(C(C)C)c(CSc2ccncc2)c(-c2ccc(F)cc2)c1CO. The van der Waals surface area contributed by atoms with Crippen LogP contribution < -0.4 is 0 Å². The largest absolute Gasteiger partial charge is 0.392 e. The summed E-state index contributed by atoms with van der Waals surface area (Å²) in [5.74, 6) is 0.847. The van der Waals surface area contributed by atoms with E-state index in [-0.39, 0.29) is 24.3 Å². The van der Waals surface area contributed by atoms with Crippen LogP contribution >= 0.6 is 11.8 Å². The third-order valence-corrected chi connectivity index (χ3v) is 5.92. The van der Waals surface area contributed by atoms with Crippen molar-refractivity contribution >= 4 is 11.8 Å². The third kappa shape index (κ3) is 4.85. The van der Waals surface area contributed by atoms with E-state index < -0.39 is 0 Å². The Morgan fingerprint density at radius 2 is 1.48 bits per heavy atom. The van der Waals surface area contributed by atoms with Gasteiger partial charge in [-0.25, -0.2) is 4.39 Å². The van der Waals surface area contributed by atoms with Crippen LogP contribution in [0.3, 0.4) is 0 Å². The number of hydrogen-bond donors (Lipinski definition) is 1. The summed E-state index contributed by atoms with van der Waals surface area (Å²) in [5.41, 5.74) is 5.77. The molecule has 0 aliphatic rings. The highest BCUT2D eigenvalue weighted by molar-refractivity contribution is 7.98. The van der Waals surface area contributed by atoms with E-state index in [2.05, 4.69) is 32.7 Å². The molecule has 0 saturated heterocycles. The molecule has 0 amide bonds. The molecule has 1 N–H and O–H groups in total. The highest BCUT2D eigenvalue weighted by atomic mass is 32.2. The first-order valence-electron chi connectivity index (χ1n) is 9.87. The maximum atomic E-state index is 13.6. The van der Waals surface area contributed by atoms with Gasteiger partial charge in [-0.1, -0.05) is 39.8 Å². The van der Waals surface area contributed by atoms with Crippen LogP contribution in [-0.2, 0) is 12.4 Å². The van der Waals surface area contributed by atoms with Crippen LogP contribution in [0.4, 0.5) is 4.39 Å². The van der Waals surface area contributed by atoms with Gasteiger partial charge in [0.05, 0.1) is 6.61 Å². The summed E-state index contributed by atoms with van der Waals surface area (Å²) >= 11 is 1.71. The monoisotopic (exact) mass is 410 g/mol. The molecule has 5 heteroatoms. The summed E-state index contributed by atoms with van der Waals surface area (Å²) in [5, 5.41) is 10.3. The molecule has 3 nitrogen and oxygen atoms in total. The van der Waals surface area contributed by atoms with Gasteiger partial charge in [-0.3, -0.25) is 9.97 Å². The van der Waals surface area contributed by atoms with E-state index in [1.54, 1.807) is 36.3 Å². The molecular weight excluding hydrogens is 383 g/mol.